The molecule has 0 aromatic rings. The van der Waals surface area contributed by atoms with Crippen molar-refractivity contribution in [3.8, 4) is 0 Å². The molecule has 0 radical (unpaired) electrons. The van der Waals surface area contributed by atoms with Crippen LogP contribution in [0.1, 0.15) is 59.3 Å². The summed E-state index contributed by atoms with van der Waals surface area (Å²) in [5.74, 6) is 1.81. The highest BCUT2D eigenvalue weighted by Gasteiger charge is 2.52. The summed E-state index contributed by atoms with van der Waals surface area (Å²) in [5, 5.41) is 0. The quantitative estimate of drug-likeness (QED) is 0.816. The molecule has 1 saturated heterocycles. The van der Waals surface area contributed by atoms with E-state index in [1.165, 1.54) is 45.1 Å². The third-order valence-electron chi connectivity index (χ3n) is 5.84. The van der Waals surface area contributed by atoms with Gasteiger partial charge in [-0.05, 0) is 55.8 Å². The molecule has 18 heavy (non-hydrogen) atoms. The lowest BCUT2D eigenvalue weighted by molar-refractivity contribution is -0.0283. The van der Waals surface area contributed by atoms with E-state index >= 15 is 0 Å². The molecule has 104 valence electrons. The van der Waals surface area contributed by atoms with Crippen molar-refractivity contribution >= 4 is 0 Å². The Labute approximate surface area is 112 Å². The number of likely N-dealkylation sites (tertiary alicyclic amines) is 1. The van der Waals surface area contributed by atoms with Crippen LogP contribution in [0.4, 0.5) is 0 Å². The fraction of sp³-hybridized carbons (Fsp3) is 1.00. The molecule has 2 aliphatic carbocycles. The molecule has 2 bridgehead atoms. The number of nitrogens with two attached hydrogens (primary N) is 1. The molecule has 4 unspecified atom stereocenters. The Morgan fingerprint density at radius 2 is 2.00 bits per heavy atom. The van der Waals surface area contributed by atoms with Gasteiger partial charge in [0.1, 0.15) is 0 Å². The van der Waals surface area contributed by atoms with E-state index in [4.69, 9.17) is 5.73 Å². The number of hydrogen-bond donors (Lipinski definition) is 1. The summed E-state index contributed by atoms with van der Waals surface area (Å²) in [5.41, 5.74) is 7.08. The summed E-state index contributed by atoms with van der Waals surface area (Å²) >= 11 is 0. The molecular formula is C16H30N2. The summed E-state index contributed by atoms with van der Waals surface area (Å²) in [6.07, 6.45) is 8.37. The van der Waals surface area contributed by atoms with Crippen LogP contribution >= 0.6 is 0 Å². The normalized spacial score (nSPS) is 47.7. The Bertz CT molecular complexity index is 325. The summed E-state index contributed by atoms with van der Waals surface area (Å²) in [4.78, 5) is 2.85. The first-order chi connectivity index (χ1) is 8.44. The number of nitrogens with zero attached hydrogens (tertiary/aromatic N) is 1. The van der Waals surface area contributed by atoms with Crippen molar-refractivity contribution in [2.24, 2.45) is 23.0 Å². The smallest absolute Gasteiger partial charge is 0.0342 e. The van der Waals surface area contributed by atoms with E-state index in [0.717, 1.165) is 24.4 Å². The Balaban J connectivity index is 1.85. The zero-order valence-electron chi connectivity index (χ0n) is 12.4. The minimum absolute atomic E-state index is 0.320. The molecule has 1 aliphatic heterocycles. The first-order valence-corrected chi connectivity index (χ1v) is 7.91. The van der Waals surface area contributed by atoms with Gasteiger partial charge in [0.15, 0.2) is 0 Å². The van der Waals surface area contributed by atoms with Gasteiger partial charge in [0, 0.05) is 24.7 Å². The molecule has 2 saturated carbocycles. The fourth-order valence-corrected chi connectivity index (χ4v) is 5.70. The number of rotatable bonds is 2. The first-order valence-electron chi connectivity index (χ1n) is 7.91. The molecule has 2 heteroatoms. The van der Waals surface area contributed by atoms with Crippen LogP contribution in [0.5, 0.6) is 0 Å². The van der Waals surface area contributed by atoms with Gasteiger partial charge in [0.25, 0.3) is 0 Å². The maximum Gasteiger partial charge on any atom is 0.0342 e. The summed E-state index contributed by atoms with van der Waals surface area (Å²) in [6, 6.07) is 0.861. The minimum atomic E-state index is 0.320. The van der Waals surface area contributed by atoms with Gasteiger partial charge in [-0.1, -0.05) is 20.8 Å². The minimum Gasteiger partial charge on any atom is -0.329 e. The van der Waals surface area contributed by atoms with Crippen LogP contribution in [0.25, 0.3) is 0 Å². The molecule has 3 fully saturated rings. The van der Waals surface area contributed by atoms with Crippen LogP contribution in [-0.2, 0) is 0 Å². The van der Waals surface area contributed by atoms with Gasteiger partial charge >= 0.3 is 0 Å². The zero-order valence-corrected chi connectivity index (χ0v) is 12.4. The Hall–Kier alpha value is -0.0800. The Kier molecular flexibility index (Phi) is 3.02. The lowest BCUT2D eigenvalue weighted by Gasteiger charge is -2.54. The lowest BCUT2D eigenvalue weighted by Crippen LogP contribution is -2.61. The highest BCUT2D eigenvalue weighted by atomic mass is 15.3. The maximum absolute atomic E-state index is 6.29. The molecule has 3 aliphatic rings. The van der Waals surface area contributed by atoms with E-state index in [0.29, 0.717) is 11.0 Å². The first kappa shape index (κ1) is 12.9. The van der Waals surface area contributed by atoms with Crippen molar-refractivity contribution in [1.82, 2.24) is 4.90 Å². The standard InChI is InChI=1S/C16H30N2/c1-12-7-15(2,3)10-16(8-12,11-17)18-9-13-4-5-14(18)6-13/h12-14H,4-11,17H2,1-3H3. The highest BCUT2D eigenvalue weighted by molar-refractivity contribution is 5.07. The van der Waals surface area contributed by atoms with E-state index in [9.17, 15) is 0 Å². The average Bonchev–Trinajstić information content (AvgIpc) is 2.87. The molecule has 2 N–H and O–H groups in total. The zero-order chi connectivity index (χ0) is 13.0. The molecule has 4 atom stereocenters. The molecule has 3 rings (SSSR count). The Morgan fingerprint density at radius 3 is 2.50 bits per heavy atom. The topological polar surface area (TPSA) is 29.3 Å². The van der Waals surface area contributed by atoms with E-state index in [2.05, 4.69) is 25.7 Å². The molecule has 2 nitrogen and oxygen atoms in total. The van der Waals surface area contributed by atoms with Crippen LogP contribution in [0, 0.1) is 17.3 Å². The third-order valence-corrected chi connectivity index (χ3v) is 5.84. The molecular weight excluding hydrogens is 220 g/mol. The van der Waals surface area contributed by atoms with Gasteiger partial charge in [-0.2, -0.15) is 0 Å². The van der Waals surface area contributed by atoms with Crippen molar-refractivity contribution in [2.45, 2.75) is 70.9 Å². The van der Waals surface area contributed by atoms with Gasteiger partial charge < -0.3 is 5.73 Å². The summed E-state index contributed by atoms with van der Waals surface area (Å²) in [6.45, 7) is 9.52. The van der Waals surface area contributed by atoms with E-state index < -0.39 is 0 Å². The second-order valence-electron chi connectivity index (χ2n) is 8.27. The predicted octanol–water partition coefficient (Wildman–Crippen LogP) is 3.01. The van der Waals surface area contributed by atoms with Gasteiger partial charge in [-0.25, -0.2) is 0 Å². The van der Waals surface area contributed by atoms with Crippen molar-refractivity contribution in [2.75, 3.05) is 13.1 Å². The van der Waals surface area contributed by atoms with Crippen molar-refractivity contribution in [1.29, 1.82) is 0 Å². The molecule has 0 aromatic carbocycles. The molecule has 0 aromatic heterocycles. The van der Waals surface area contributed by atoms with E-state index in [1.54, 1.807) is 0 Å². The second kappa shape index (κ2) is 4.21. The molecule has 1 heterocycles. The largest absolute Gasteiger partial charge is 0.329 e. The van der Waals surface area contributed by atoms with Crippen LogP contribution < -0.4 is 5.73 Å². The third kappa shape index (κ3) is 2.02. The Morgan fingerprint density at radius 1 is 1.22 bits per heavy atom. The predicted molar refractivity (Wildman–Crippen MR) is 76.4 cm³/mol. The molecule has 0 amide bonds. The van der Waals surface area contributed by atoms with E-state index in [1.807, 2.05) is 0 Å². The van der Waals surface area contributed by atoms with Crippen LogP contribution in [0.15, 0.2) is 0 Å². The second-order valence-corrected chi connectivity index (χ2v) is 8.27. The lowest BCUT2D eigenvalue weighted by atomic mass is 9.63. The van der Waals surface area contributed by atoms with Crippen LogP contribution in [-0.4, -0.2) is 29.6 Å². The van der Waals surface area contributed by atoms with Crippen molar-refractivity contribution in [3.63, 3.8) is 0 Å². The monoisotopic (exact) mass is 250 g/mol. The number of piperidine rings is 1. The van der Waals surface area contributed by atoms with Gasteiger partial charge in [0.2, 0.25) is 0 Å². The SMILES string of the molecule is CC1CC(C)(C)CC(CN)(N2CC3CCC2C3)C1. The maximum atomic E-state index is 6.29. The highest BCUT2D eigenvalue weighted by Crippen LogP contribution is 2.51. The van der Waals surface area contributed by atoms with Crippen LogP contribution in [0.3, 0.4) is 0 Å². The fourth-order valence-electron chi connectivity index (χ4n) is 5.70. The summed E-state index contributed by atoms with van der Waals surface area (Å²) in [7, 11) is 0. The average molecular weight is 250 g/mol. The van der Waals surface area contributed by atoms with Gasteiger partial charge in [-0.3, -0.25) is 4.90 Å². The van der Waals surface area contributed by atoms with Crippen molar-refractivity contribution in [3.05, 3.63) is 0 Å². The number of hydrogen-bond acceptors (Lipinski definition) is 2. The molecule has 0 spiro atoms. The van der Waals surface area contributed by atoms with Crippen LogP contribution in [0.2, 0.25) is 0 Å². The van der Waals surface area contributed by atoms with Gasteiger partial charge in [-0.15, -0.1) is 0 Å². The summed E-state index contributed by atoms with van der Waals surface area (Å²) < 4.78 is 0. The van der Waals surface area contributed by atoms with Gasteiger partial charge in [0.05, 0.1) is 0 Å². The van der Waals surface area contributed by atoms with Crippen molar-refractivity contribution < 1.29 is 0 Å². The van der Waals surface area contributed by atoms with E-state index in [-0.39, 0.29) is 0 Å². The number of fused-ring (bicyclic) bond motifs is 2.